The number of aromatic nitrogens is 1. The summed E-state index contributed by atoms with van der Waals surface area (Å²) < 4.78 is 17.6. The van der Waals surface area contributed by atoms with Crippen molar-refractivity contribution < 1.29 is 28.7 Å². The Bertz CT molecular complexity index is 1370. The summed E-state index contributed by atoms with van der Waals surface area (Å²) in [5.41, 5.74) is 2.19. The molecular formula is C21H17N2O6PS. The maximum Gasteiger partial charge on any atom is 0.391 e. The number of nitrogens with zero attached hydrogens (tertiary/aromatic N) is 1. The molecule has 0 atom stereocenters. The number of amides is 1. The maximum absolute atomic E-state index is 12.1. The number of hydrogen-bond acceptors (Lipinski definition) is 6. The van der Waals surface area contributed by atoms with E-state index in [4.69, 9.17) is 4.42 Å². The molecule has 2 heterocycles. The van der Waals surface area contributed by atoms with Crippen molar-refractivity contribution in [2.75, 3.05) is 5.32 Å². The molecule has 4 aromatic rings. The summed E-state index contributed by atoms with van der Waals surface area (Å²) in [6.07, 6.45) is 1.82. The van der Waals surface area contributed by atoms with Crippen molar-refractivity contribution >= 4 is 45.7 Å². The number of phenols is 1. The van der Waals surface area contributed by atoms with E-state index in [0.717, 1.165) is 34.2 Å². The van der Waals surface area contributed by atoms with Crippen LogP contribution in [0.15, 0.2) is 52.9 Å². The molecule has 1 amide bonds. The number of nitrogens with one attached hydrogen (secondary N) is 1. The smallest absolute Gasteiger partial charge is 0.391 e. The topological polar surface area (TPSA) is 133 Å². The second-order valence-electron chi connectivity index (χ2n) is 7.35. The minimum absolute atomic E-state index is 0.00814. The van der Waals surface area contributed by atoms with E-state index < -0.39 is 13.1 Å². The first kappa shape index (κ1) is 20.0. The standard InChI is InChI=1S/C21H17N2O6PS/c24-16-7-6-12(10-14(16)17-8-9-18(29-17)30(26,27)28)13-2-1-3-15-19(13)31-21(22-15)23-20(25)11-4-5-11/h1-3,6-11,24H,4-5H2,(H,22,23,25)(H2,26,27,28). The summed E-state index contributed by atoms with van der Waals surface area (Å²) in [7, 11) is -4.54. The Morgan fingerprint density at radius 2 is 1.94 bits per heavy atom. The van der Waals surface area contributed by atoms with E-state index in [2.05, 4.69) is 10.3 Å². The Morgan fingerprint density at radius 1 is 1.13 bits per heavy atom. The molecule has 0 radical (unpaired) electrons. The molecule has 0 saturated heterocycles. The molecule has 0 unspecified atom stereocenters. The van der Waals surface area contributed by atoms with Crippen LogP contribution in [0, 0.1) is 5.92 Å². The van der Waals surface area contributed by atoms with Crippen LogP contribution in [0.5, 0.6) is 5.75 Å². The number of thiazole rings is 1. The van der Waals surface area contributed by atoms with Crippen LogP contribution in [0.3, 0.4) is 0 Å². The van der Waals surface area contributed by atoms with Gasteiger partial charge < -0.3 is 24.6 Å². The highest BCUT2D eigenvalue weighted by molar-refractivity contribution is 7.59. The molecule has 2 aromatic carbocycles. The van der Waals surface area contributed by atoms with Gasteiger partial charge in [0.05, 0.1) is 15.8 Å². The third-order valence-corrected chi connectivity index (χ3v) is 6.88. The molecule has 1 aliphatic carbocycles. The summed E-state index contributed by atoms with van der Waals surface area (Å²) in [4.78, 5) is 35.2. The van der Waals surface area contributed by atoms with Crippen LogP contribution in [0.4, 0.5) is 5.13 Å². The van der Waals surface area contributed by atoms with Gasteiger partial charge in [-0.05, 0) is 48.7 Å². The first-order chi connectivity index (χ1) is 14.8. The number of rotatable bonds is 5. The number of anilines is 1. The third-order valence-electron chi connectivity index (χ3n) is 5.05. The summed E-state index contributed by atoms with van der Waals surface area (Å²) >= 11 is 1.37. The summed E-state index contributed by atoms with van der Waals surface area (Å²) in [5, 5.41) is 13.7. The predicted molar refractivity (Wildman–Crippen MR) is 117 cm³/mol. The number of aromatic hydroxyl groups is 1. The van der Waals surface area contributed by atoms with Gasteiger partial charge in [-0.2, -0.15) is 0 Å². The molecule has 2 aromatic heterocycles. The second kappa shape index (κ2) is 7.32. The van der Waals surface area contributed by atoms with Gasteiger partial charge in [0, 0.05) is 11.5 Å². The van der Waals surface area contributed by atoms with E-state index in [-0.39, 0.29) is 23.3 Å². The Balaban J connectivity index is 1.55. The van der Waals surface area contributed by atoms with Crippen molar-refractivity contribution in [1.29, 1.82) is 0 Å². The summed E-state index contributed by atoms with van der Waals surface area (Å²) in [6, 6.07) is 13.2. The number of hydrogen-bond donors (Lipinski definition) is 4. The van der Waals surface area contributed by atoms with Crippen LogP contribution in [-0.4, -0.2) is 25.8 Å². The van der Waals surface area contributed by atoms with Crippen molar-refractivity contribution in [2.24, 2.45) is 5.92 Å². The Morgan fingerprint density at radius 3 is 2.65 bits per heavy atom. The van der Waals surface area contributed by atoms with Crippen LogP contribution < -0.4 is 10.8 Å². The number of furan rings is 1. The molecule has 0 spiro atoms. The predicted octanol–water partition coefficient (Wildman–Crippen LogP) is 4.08. The summed E-state index contributed by atoms with van der Waals surface area (Å²) in [5.74, 6) is 0.138. The first-order valence-corrected chi connectivity index (χ1v) is 11.9. The SMILES string of the molecule is O=C(Nc1nc2cccc(-c3ccc(O)c(-c4ccc(P(=O)(O)O)o4)c3)c2s1)C1CC1. The van der Waals surface area contributed by atoms with Crippen molar-refractivity contribution in [3.63, 3.8) is 0 Å². The highest BCUT2D eigenvalue weighted by Gasteiger charge is 2.30. The second-order valence-corrected chi connectivity index (χ2v) is 9.88. The lowest BCUT2D eigenvalue weighted by molar-refractivity contribution is -0.117. The van der Waals surface area contributed by atoms with E-state index >= 15 is 0 Å². The highest BCUT2D eigenvalue weighted by Crippen LogP contribution is 2.41. The Labute approximate surface area is 180 Å². The van der Waals surface area contributed by atoms with Crippen LogP contribution in [-0.2, 0) is 9.36 Å². The van der Waals surface area contributed by atoms with E-state index in [1.165, 1.54) is 29.5 Å². The zero-order valence-corrected chi connectivity index (χ0v) is 17.7. The van der Waals surface area contributed by atoms with Crippen LogP contribution in [0.25, 0.3) is 32.7 Å². The van der Waals surface area contributed by atoms with Gasteiger partial charge in [0.2, 0.25) is 11.4 Å². The monoisotopic (exact) mass is 456 g/mol. The van der Waals surface area contributed by atoms with Crippen LogP contribution in [0.1, 0.15) is 12.8 Å². The molecule has 5 rings (SSSR count). The molecule has 1 fully saturated rings. The van der Waals surface area contributed by atoms with Gasteiger partial charge in [0.1, 0.15) is 11.5 Å². The zero-order valence-electron chi connectivity index (χ0n) is 16.0. The molecule has 0 aliphatic heterocycles. The molecule has 1 aliphatic rings. The maximum atomic E-state index is 12.1. The largest absolute Gasteiger partial charge is 0.507 e. The number of carbonyl (C=O) groups excluding carboxylic acids is 1. The van der Waals surface area contributed by atoms with E-state index in [0.29, 0.717) is 10.7 Å². The van der Waals surface area contributed by atoms with Crippen LogP contribution in [0.2, 0.25) is 0 Å². The molecule has 1 saturated carbocycles. The van der Waals surface area contributed by atoms with E-state index in [9.17, 15) is 24.3 Å². The average Bonchev–Trinajstić information content (AvgIpc) is 3.30. The molecule has 0 bridgehead atoms. The molecule has 158 valence electrons. The number of fused-ring (bicyclic) bond motifs is 1. The fourth-order valence-corrected chi connectivity index (χ4v) is 4.80. The quantitative estimate of drug-likeness (QED) is 0.333. The number of benzene rings is 2. The molecule has 31 heavy (non-hydrogen) atoms. The highest BCUT2D eigenvalue weighted by atomic mass is 32.1. The lowest BCUT2D eigenvalue weighted by atomic mass is 10.0. The zero-order chi connectivity index (χ0) is 21.8. The van der Waals surface area contributed by atoms with Gasteiger partial charge >= 0.3 is 7.60 Å². The van der Waals surface area contributed by atoms with E-state index in [1.54, 1.807) is 12.1 Å². The third kappa shape index (κ3) is 3.88. The van der Waals surface area contributed by atoms with Gasteiger partial charge in [0.25, 0.3) is 0 Å². The minimum atomic E-state index is -4.54. The van der Waals surface area contributed by atoms with Gasteiger partial charge in [0.15, 0.2) is 5.13 Å². The van der Waals surface area contributed by atoms with Gasteiger partial charge in [-0.25, -0.2) is 4.98 Å². The summed E-state index contributed by atoms with van der Waals surface area (Å²) in [6.45, 7) is 0. The van der Waals surface area contributed by atoms with Crippen molar-refractivity contribution in [2.45, 2.75) is 12.8 Å². The molecule has 4 N–H and O–H groups in total. The van der Waals surface area contributed by atoms with Crippen LogP contribution >= 0.6 is 18.9 Å². The Kier molecular flexibility index (Phi) is 4.71. The lowest BCUT2D eigenvalue weighted by Crippen LogP contribution is -2.12. The molecule has 8 nitrogen and oxygen atoms in total. The van der Waals surface area contributed by atoms with Gasteiger partial charge in [-0.15, -0.1) is 0 Å². The number of phenolic OH excluding ortho intramolecular Hbond substituents is 1. The fourth-order valence-electron chi connectivity index (χ4n) is 3.31. The molecule has 10 heteroatoms. The lowest BCUT2D eigenvalue weighted by Gasteiger charge is -2.07. The Hall–Kier alpha value is -2.97. The van der Waals surface area contributed by atoms with Crippen molar-refractivity contribution in [3.05, 3.63) is 48.5 Å². The van der Waals surface area contributed by atoms with Crippen molar-refractivity contribution in [3.8, 4) is 28.2 Å². The van der Waals surface area contributed by atoms with Gasteiger partial charge in [-0.3, -0.25) is 9.36 Å². The number of carbonyl (C=O) groups is 1. The van der Waals surface area contributed by atoms with Gasteiger partial charge in [-0.1, -0.05) is 29.5 Å². The average molecular weight is 456 g/mol. The normalized spacial score (nSPS) is 14.1. The first-order valence-electron chi connectivity index (χ1n) is 9.50. The van der Waals surface area contributed by atoms with E-state index in [1.807, 2.05) is 18.2 Å². The van der Waals surface area contributed by atoms with Crippen molar-refractivity contribution in [1.82, 2.24) is 4.98 Å². The fraction of sp³-hybridized carbons (Fsp3) is 0.143. The molecular weight excluding hydrogens is 439 g/mol. The minimum Gasteiger partial charge on any atom is -0.507 e.